The van der Waals surface area contributed by atoms with Gasteiger partial charge in [-0.25, -0.2) is 0 Å². The summed E-state index contributed by atoms with van der Waals surface area (Å²) < 4.78 is 5.11. The van der Waals surface area contributed by atoms with E-state index in [1.165, 1.54) is 5.56 Å². The van der Waals surface area contributed by atoms with E-state index in [4.69, 9.17) is 4.52 Å². The molecule has 3 rings (SSSR count). The lowest BCUT2D eigenvalue weighted by molar-refractivity contribution is -0.121. The number of benzene rings is 2. The molecule has 26 heavy (non-hydrogen) atoms. The number of nitrogens with one attached hydrogen (secondary N) is 1. The SMILES string of the molecule is CC(C)c1ccc(CNC(=O)CCc2conc2-c2ccccc2)cc1. The van der Waals surface area contributed by atoms with Crippen molar-refractivity contribution in [3.63, 3.8) is 0 Å². The number of nitrogens with zero attached hydrogens (tertiary/aromatic N) is 1. The maximum atomic E-state index is 12.2. The van der Waals surface area contributed by atoms with Gasteiger partial charge in [0.15, 0.2) is 0 Å². The number of amides is 1. The summed E-state index contributed by atoms with van der Waals surface area (Å²) in [6.07, 6.45) is 2.64. The fourth-order valence-electron chi connectivity index (χ4n) is 2.83. The number of aryl methyl sites for hydroxylation is 1. The highest BCUT2D eigenvalue weighted by atomic mass is 16.5. The van der Waals surface area contributed by atoms with Crippen molar-refractivity contribution in [2.24, 2.45) is 0 Å². The molecule has 0 aliphatic carbocycles. The first kappa shape index (κ1) is 17.9. The molecule has 4 heteroatoms. The van der Waals surface area contributed by atoms with Crippen LogP contribution < -0.4 is 5.32 Å². The summed E-state index contributed by atoms with van der Waals surface area (Å²) in [7, 11) is 0. The normalized spacial score (nSPS) is 10.9. The Morgan fingerprint density at radius 3 is 2.50 bits per heavy atom. The van der Waals surface area contributed by atoms with Crippen LogP contribution in [0, 0.1) is 0 Å². The van der Waals surface area contributed by atoms with Gasteiger partial charge in [0.2, 0.25) is 5.91 Å². The standard InChI is InChI=1S/C22H24N2O2/c1-16(2)18-10-8-17(9-11-18)14-23-21(25)13-12-20-15-26-24-22(20)19-6-4-3-5-7-19/h3-11,15-16H,12-14H2,1-2H3,(H,23,25). The van der Waals surface area contributed by atoms with E-state index in [-0.39, 0.29) is 5.91 Å². The van der Waals surface area contributed by atoms with Crippen LogP contribution in [-0.4, -0.2) is 11.1 Å². The van der Waals surface area contributed by atoms with Crippen molar-refractivity contribution in [2.75, 3.05) is 0 Å². The van der Waals surface area contributed by atoms with Gasteiger partial charge in [0.05, 0.1) is 0 Å². The van der Waals surface area contributed by atoms with Crippen LogP contribution in [0.5, 0.6) is 0 Å². The summed E-state index contributed by atoms with van der Waals surface area (Å²) in [5.74, 6) is 0.541. The van der Waals surface area contributed by atoms with Gasteiger partial charge in [-0.1, -0.05) is 73.6 Å². The third-order valence-corrected chi connectivity index (χ3v) is 4.45. The van der Waals surface area contributed by atoms with Crippen LogP contribution in [0.3, 0.4) is 0 Å². The number of rotatable bonds is 7. The van der Waals surface area contributed by atoms with Gasteiger partial charge in [0.25, 0.3) is 0 Å². The first-order chi connectivity index (χ1) is 12.6. The third kappa shape index (κ3) is 4.60. The average Bonchev–Trinajstić information content (AvgIpc) is 3.14. The molecule has 0 spiro atoms. The van der Waals surface area contributed by atoms with Gasteiger partial charge in [-0.2, -0.15) is 0 Å². The van der Waals surface area contributed by atoms with Gasteiger partial charge in [0.1, 0.15) is 12.0 Å². The van der Waals surface area contributed by atoms with Gasteiger partial charge >= 0.3 is 0 Å². The minimum Gasteiger partial charge on any atom is -0.364 e. The van der Waals surface area contributed by atoms with Crippen molar-refractivity contribution < 1.29 is 9.32 Å². The maximum Gasteiger partial charge on any atom is 0.220 e. The van der Waals surface area contributed by atoms with E-state index in [2.05, 4.69) is 48.6 Å². The van der Waals surface area contributed by atoms with Crippen molar-refractivity contribution in [1.29, 1.82) is 0 Å². The molecule has 0 aliphatic heterocycles. The molecule has 0 bridgehead atoms. The molecular weight excluding hydrogens is 324 g/mol. The summed E-state index contributed by atoms with van der Waals surface area (Å²) >= 11 is 0. The summed E-state index contributed by atoms with van der Waals surface area (Å²) in [5, 5.41) is 7.05. The third-order valence-electron chi connectivity index (χ3n) is 4.45. The Bertz CT molecular complexity index is 836. The zero-order valence-corrected chi connectivity index (χ0v) is 15.2. The minimum atomic E-state index is 0.0261. The lowest BCUT2D eigenvalue weighted by atomic mass is 10.0. The molecule has 1 aromatic heterocycles. The Morgan fingerprint density at radius 1 is 1.08 bits per heavy atom. The number of hydrogen-bond acceptors (Lipinski definition) is 3. The van der Waals surface area contributed by atoms with E-state index in [0.29, 0.717) is 25.3 Å². The zero-order valence-electron chi connectivity index (χ0n) is 15.2. The molecule has 0 saturated heterocycles. The molecule has 1 amide bonds. The summed E-state index contributed by atoms with van der Waals surface area (Å²) in [5.41, 5.74) is 5.18. The molecule has 0 radical (unpaired) electrons. The number of carbonyl (C=O) groups is 1. The highest BCUT2D eigenvalue weighted by Gasteiger charge is 2.11. The fourth-order valence-corrected chi connectivity index (χ4v) is 2.83. The summed E-state index contributed by atoms with van der Waals surface area (Å²) in [6.45, 7) is 4.89. The Hall–Kier alpha value is -2.88. The molecule has 2 aromatic carbocycles. The van der Waals surface area contributed by atoms with Crippen molar-refractivity contribution in [2.45, 2.75) is 39.2 Å². The molecule has 0 unspecified atom stereocenters. The second kappa shape index (κ2) is 8.48. The van der Waals surface area contributed by atoms with Crippen LogP contribution in [0.15, 0.2) is 65.4 Å². The molecule has 0 atom stereocenters. The minimum absolute atomic E-state index is 0.0261. The molecule has 0 saturated carbocycles. The number of hydrogen-bond donors (Lipinski definition) is 1. The number of aromatic nitrogens is 1. The molecular formula is C22H24N2O2. The van der Waals surface area contributed by atoms with Crippen LogP contribution in [0.25, 0.3) is 11.3 Å². The van der Waals surface area contributed by atoms with E-state index in [9.17, 15) is 4.79 Å². The second-order valence-corrected chi connectivity index (χ2v) is 6.73. The Kier molecular flexibility index (Phi) is 5.84. The Morgan fingerprint density at radius 2 is 1.81 bits per heavy atom. The number of carbonyl (C=O) groups excluding carboxylic acids is 1. The van der Waals surface area contributed by atoms with Crippen molar-refractivity contribution >= 4 is 5.91 Å². The highest BCUT2D eigenvalue weighted by molar-refractivity contribution is 5.76. The van der Waals surface area contributed by atoms with Crippen LogP contribution in [0.1, 0.15) is 42.9 Å². The molecule has 1 N–H and O–H groups in total. The van der Waals surface area contributed by atoms with Crippen LogP contribution in [0.2, 0.25) is 0 Å². The topological polar surface area (TPSA) is 55.1 Å². The first-order valence-corrected chi connectivity index (χ1v) is 8.97. The lowest BCUT2D eigenvalue weighted by Gasteiger charge is -2.08. The van der Waals surface area contributed by atoms with Gasteiger partial charge in [-0.05, 0) is 23.5 Å². The van der Waals surface area contributed by atoms with Gasteiger partial charge < -0.3 is 9.84 Å². The van der Waals surface area contributed by atoms with Crippen LogP contribution >= 0.6 is 0 Å². The smallest absolute Gasteiger partial charge is 0.220 e. The van der Waals surface area contributed by atoms with Crippen molar-refractivity contribution in [1.82, 2.24) is 10.5 Å². The first-order valence-electron chi connectivity index (χ1n) is 8.97. The molecule has 3 aromatic rings. The quantitative estimate of drug-likeness (QED) is 0.672. The van der Waals surface area contributed by atoms with Gasteiger partial charge in [-0.3, -0.25) is 4.79 Å². The molecule has 0 aliphatic rings. The predicted octanol–water partition coefficient (Wildman–Crippen LogP) is 4.71. The van der Waals surface area contributed by atoms with Gasteiger partial charge in [-0.15, -0.1) is 0 Å². The average molecular weight is 348 g/mol. The summed E-state index contributed by atoms with van der Waals surface area (Å²) in [6, 6.07) is 18.3. The molecule has 134 valence electrons. The molecule has 0 fully saturated rings. The van der Waals surface area contributed by atoms with Crippen LogP contribution in [-0.2, 0) is 17.8 Å². The van der Waals surface area contributed by atoms with E-state index in [1.54, 1.807) is 6.26 Å². The largest absolute Gasteiger partial charge is 0.364 e. The molecule has 4 nitrogen and oxygen atoms in total. The summed E-state index contributed by atoms with van der Waals surface area (Å²) in [4.78, 5) is 12.2. The van der Waals surface area contributed by atoms with Crippen LogP contribution in [0.4, 0.5) is 0 Å². The maximum absolute atomic E-state index is 12.2. The highest BCUT2D eigenvalue weighted by Crippen LogP contribution is 2.22. The fraction of sp³-hybridized carbons (Fsp3) is 0.273. The Labute approximate surface area is 154 Å². The Balaban J connectivity index is 1.51. The monoisotopic (exact) mass is 348 g/mol. The van der Waals surface area contributed by atoms with E-state index in [1.807, 2.05) is 30.3 Å². The predicted molar refractivity (Wildman–Crippen MR) is 103 cm³/mol. The lowest BCUT2D eigenvalue weighted by Crippen LogP contribution is -2.23. The van der Waals surface area contributed by atoms with Gasteiger partial charge in [0, 0.05) is 24.1 Å². The van der Waals surface area contributed by atoms with Crippen molar-refractivity contribution in [3.05, 3.63) is 77.6 Å². The second-order valence-electron chi connectivity index (χ2n) is 6.73. The van der Waals surface area contributed by atoms with E-state index >= 15 is 0 Å². The van der Waals surface area contributed by atoms with Crippen molar-refractivity contribution in [3.8, 4) is 11.3 Å². The van der Waals surface area contributed by atoms with E-state index < -0.39 is 0 Å². The zero-order chi connectivity index (χ0) is 18.4. The molecule has 1 heterocycles. The van der Waals surface area contributed by atoms with E-state index in [0.717, 1.165) is 22.4 Å².